The first-order valence-corrected chi connectivity index (χ1v) is 9.98. The van der Waals surface area contributed by atoms with Crippen molar-refractivity contribution >= 4 is 16.9 Å². The molecule has 1 N–H and O–H groups in total. The van der Waals surface area contributed by atoms with Gasteiger partial charge in [-0.15, -0.1) is 0 Å². The average molecular weight is 372 g/mol. The topological polar surface area (TPSA) is 63.1 Å². The maximum atomic E-state index is 13.4. The third-order valence-corrected chi connectivity index (χ3v) is 5.36. The lowest BCUT2D eigenvalue weighted by atomic mass is 10.0. The van der Waals surface area contributed by atoms with Crippen molar-refractivity contribution in [3.05, 3.63) is 23.0 Å². The second-order valence-electron chi connectivity index (χ2n) is 9.08. The normalized spacial score (nSPS) is 18.1. The second kappa shape index (κ2) is 7.23. The van der Waals surface area contributed by atoms with Crippen LogP contribution in [0.3, 0.4) is 0 Å². The minimum Gasteiger partial charge on any atom is -0.338 e. The number of fused-ring (bicyclic) bond motifs is 1. The average Bonchev–Trinajstić information content (AvgIpc) is 3.18. The number of hydrogen-bond donors (Lipinski definition) is 1. The molecule has 1 amide bonds. The van der Waals surface area contributed by atoms with Gasteiger partial charge in [-0.25, -0.2) is 9.67 Å². The zero-order chi connectivity index (χ0) is 19.9. The minimum atomic E-state index is -0.193. The smallest absolute Gasteiger partial charge is 0.254 e. The van der Waals surface area contributed by atoms with Crippen molar-refractivity contribution in [3.8, 4) is 0 Å². The third-order valence-electron chi connectivity index (χ3n) is 5.36. The largest absolute Gasteiger partial charge is 0.338 e. The van der Waals surface area contributed by atoms with Gasteiger partial charge >= 0.3 is 0 Å². The van der Waals surface area contributed by atoms with Gasteiger partial charge in [-0.1, -0.05) is 13.8 Å². The molecule has 0 saturated carbocycles. The van der Waals surface area contributed by atoms with Gasteiger partial charge in [0.05, 0.1) is 22.2 Å². The summed E-state index contributed by atoms with van der Waals surface area (Å²) in [7, 11) is 1.97. The number of likely N-dealkylation sites (tertiary alicyclic amines) is 1. The molecule has 0 aromatic carbocycles. The standard InChI is InChI=1S/C21H33N5O/c1-13(2)17-10-16(20(27)25-9-8-15(12-25)11-22-7)18-14(3)24-26(19(18)23-17)21(4,5)6/h10,13,15,22H,8-9,11-12H2,1-7H3. The number of aryl methyl sites for hydroxylation is 1. The number of pyridine rings is 1. The summed E-state index contributed by atoms with van der Waals surface area (Å²) in [6.45, 7) is 15.1. The summed E-state index contributed by atoms with van der Waals surface area (Å²) in [6, 6.07) is 1.99. The lowest BCUT2D eigenvalue weighted by molar-refractivity contribution is 0.0789. The fourth-order valence-electron chi connectivity index (χ4n) is 3.88. The van der Waals surface area contributed by atoms with Crippen molar-refractivity contribution in [2.45, 2.75) is 59.4 Å². The van der Waals surface area contributed by atoms with Gasteiger partial charge in [0.25, 0.3) is 5.91 Å². The van der Waals surface area contributed by atoms with E-state index in [1.807, 2.05) is 29.6 Å². The van der Waals surface area contributed by atoms with Crippen molar-refractivity contribution in [1.82, 2.24) is 25.0 Å². The summed E-state index contributed by atoms with van der Waals surface area (Å²) in [5.74, 6) is 0.888. The Bertz CT molecular complexity index is 846. The first kappa shape index (κ1) is 19.8. The van der Waals surface area contributed by atoms with E-state index in [4.69, 9.17) is 10.1 Å². The van der Waals surface area contributed by atoms with Crippen LogP contribution in [0.15, 0.2) is 6.07 Å². The molecule has 1 unspecified atom stereocenters. The van der Waals surface area contributed by atoms with E-state index in [9.17, 15) is 4.79 Å². The molecule has 0 spiro atoms. The van der Waals surface area contributed by atoms with E-state index in [-0.39, 0.29) is 17.4 Å². The van der Waals surface area contributed by atoms with Crippen LogP contribution in [0, 0.1) is 12.8 Å². The van der Waals surface area contributed by atoms with Crippen LogP contribution < -0.4 is 5.32 Å². The zero-order valence-corrected chi connectivity index (χ0v) is 17.8. The van der Waals surface area contributed by atoms with Crippen molar-refractivity contribution in [3.63, 3.8) is 0 Å². The molecule has 1 atom stereocenters. The number of carbonyl (C=O) groups is 1. The zero-order valence-electron chi connectivity index (χ0n) is 17.8. The summed E-state index contributed by atoms with van der Waals surface area (Å²) in [6.07, 6.45) is 1.05. The molecule has 6 nitrogen and oxygen atoms in total. The molecule has 0 bridgehead atoms. The Hall–Kier alpha value is -1.95. The molecule has 3 heterocycles. The number of carbonyl (C=O) groups excluding carboxylic acids is 1. The third kappa shape index (κ3) is 3.72. The van der Waals surface area contributed by atoms with Crippen LogP contribution >= 0.6 is 0 Å². The fraction of sp³-hybridized carbons (Fsp3) is 0.667. The van der Waals surface area contributed by atoms with Gasteiger partial charge in [0, 0.05) is 18.8 Å². The highest BCUT2D eigenvalue weighted by Gasteiger charge is 2.30. The summed E-state index contributed by atoms with van der Waals surface area (Å²) >= 11 is 0. The number of nitrogens with zero attached hydrogens (tertiary/aromatic N) is 4. The van der Waals surface area contributed by atoms with E-state index in [2.05, 4.69) is 39.9 Å². The van der Waals surface area contributed by atoms with Crippen LogP contribution in [0.4, 0.5) is 0 Å². The van der Waals surface area contributed by atoms with E-state index < -0.39 is 0 Å². The summed E-state index contributed by atoms with van der Waals surface area (Å²) in [5, 5.41) is 8.88. The molecule has 1 aliphatic rings. The van der Waals surface area contributed by atoms with Gasteiger partial charge < -0.3 is 10.2 Å². The Morgan fingerprint density at radius 3 is 2.67 bits per heavy atom. The van der Waals surface area contributed by atoms with Gasteiger partial charge in [-0.3, -0.25) is 4.79 Å². The van der Waals surface area contributed by atoms with Gasteiger partial charge in [0.1, 0.15) is 0 Å². The Morgan fingerprint density at radius 1 is 1.37 bits per heavy atom. The van der Waals surface area contributed by atoms with Crippen molar-refractivity contribution < 1.29 is 4.79 Å². The maximum absolute atomic E-state index is 13.4. The van der Waals surface area contributed by atoms with E-state index in [1.54, 1.807) is 0 Å². The van der Waals surface area contributed by atoms with Crippen molar-refractivity contribution in [2.75, 3.05) is 26.7 Å². The van der Waals surface area contributed by atoms with Crippen LogP contribution in [0.1, 0.15) is 68.7 Å². The minimum absolute atomic E-state index is 0.111. The summed E-state index contributed by atoms with van der Waals surface area (Å²) < 4.78 is 1.97. The number of aromatic nitrogens is 3. The number of nitrogens with one attached hydrogen (secondary N) is 1. The Morgan fingerprint density at radius 2 is 2.07 bits per heavy atom. The SMILES string of the molecule is CNCC1CCN(C(=O)c2cc(C(C)C)nc3c2c(C)nn3C(C)(C)C)C1. The lowest BCUT2D eigenvalue weighted by Crippen LogP contribution is -2.31. The van der Waals surface area contributed by atoms with E-state index >= 15 is 0 Å². The van der Waals surface area contributed by atoms with E-state index in [1.165, 1.54) is 0 Å². The highest BCUT2D eigenvalue weighted by molar-refractivity contribution is 6.06. The first-order valence-electron chi connectivity index (χ1n) is 9.98. The molecule has 3 rings (SSSR count). The van der Waals surface area contributed by atoms with Crippen molar-refractivity contribution in [1.29, 1.82) is 0 Å². The molecule has 2 aromatic rings. The van der Waals surface area contributed by atoms with Gasteiger partial charge in [0.2, 0.25) is 0 Å². The van der Waals surface area contributed by atoms with Crippen LogP contribution in [0.25, 0.3) is 11.0 Å². The Balaban J connectivity index is 2.11. The molecule has 1 saturated heterocycles. The molecule has 1 fully saturated rings. The highest BCUT2D eigenvalue weighted by atomic mass is 16.2. The van der Waals surface area contributed by atoms with Crippen LogP contribution in [-0.4, -0.2) is 52.3 Å². The molecule has 27 heavy (non-hydrogen) atoms. The number of amides is 1. The van der Waals surface area contributed by atoms with E-state index in [0.29, 0.717) is 5.92 Å². The van der Waals surface area contributed by atoms with E-state index in [0.717, 1.165) is 54.0 Å². The molecule has 0 aliphatic carbocycles. The summed E-state index contributed by atoms with van der Waals surface area (Å²) in [4.78, 5) is 20.3. The van der Waals surface area contributed by atoms with Gasteiger partial charge in [0.15, 0.2) is 5.65 Å². The predicted molar refractivity (Wildman–Crippen MR) is 109 cm³/mol. The quantitative estimate of drug-likeness (QED) is 0.896. The first-order chi connectivity index (χ1) is 12.6. The lowest BCUT2D eigenvalue weighted by Gasteiger charge is -2.21. The molecule has 148 valence electrons. The number of rotatable bonds is 4. The van der Waals surface area contributed by atoms with Crippen LogP contribution in [0.2, 0.25) is 0 Å². The molecule has 2 aromatic heterocycles. The van der Waals surface area contributed by atoms with Crippen LogP contribution in [0.5, 0.6) is 0 Å². The van der Waals surface area contributed by atoms with Gasteiger partial charge in [-0.05, 0) is 65.6 Å². The molecular formula is C21H33N5O. The Labute approximate surface area is 162 Å². The fourth-order valence-corrected chi connectivity index (χ4v) is 3.88. The Kier molecular flexibility index (Phi) is 5.30. The molecule has 6 heteroatoms. The molecule has 0 radical (unpaired) electrons. The monoisotopic (exact) mass is 371 g/mol. The summed E-state index contributed by atoms with van der Waals surface area (Å²) in [5.41, 5.74) is 3.20. The molecular weight excluding hydrogens is 338 g/mol. The number of hydrogen-bond acceptors (Lipinski definition) is 4. The van der Waals surface area contributed by atoms with Crippen molar-refractivity contribution in [2.24, 2.45) is 5.92 Å². The highest BCUT2D eigenvalue weighted by Crippen LogP contribution is 2.30. The maximum Gasteiger partial charge on any atom is 0.254 e. The predicted octanol–water partition coefficient (Wildman–Crippen LogP) is 3.30. The second-order valence-corrected chi connectivity index (χ2v) is 9.08. The van der Waals surface area contributed by atoms with Gasteiger partial charge in [-0.2, -0.15) is 5.10 Å². The van der Waals surface area contributed by atoms with Crippen LogP contribution in [-0.2, 0) is 5.54 Å². The molecule has 1 aliphatic heterocycles.